The predicted molar refractivity (Wildman–Crippen MR) is 70.2 cm³/mol. The first-order valence-electron chi connectivity index (χ1n) is 6.63. The Morgan fingerprint density at radius 3 is 2.83 bits per heavy atom. The summed E-state index contributed by atoms with van der Waals surface area (Å²) in [4.78, 5) is 11.7. The molecule has 3 unspecified atom stereocenters. The highest BCUT2D eigenvalue weighted by Gasteiger charge is 2.37. The number of methoxy groups -OCH3 is 1. The molecule has 3 atom stereocenters. The Morgan fingerprint density at radius 1 is 1.61 bits per heavy atom. The van der Waals surface area contributed by atoms with Crippen molar-refractivity contribution >= 4 is 5.91 Å². The SMILES string of the molecule is COCC(C)NC(=O)COC1(CN)CCC(C)C1. The molecule has 0 spiro atoms. The minimum Gasteiger partial charge on any atom is -0.383 e. The normalized spacial score (nSPS) is 29.2. The summed E-state index contributed by atoms with van der Waals surface area (Å²) in [6.07, 6.45) is 3.02. The number of rotatable bonds is 7. The van der Waals surface area contributed by atoms with Crippen molar-refractivity contribution < 1.29 is 14.3 Å². The summed E-state index contributed by atoms with van der Waals surface area (Å²) in [5, 5.41) is 2.83. The second-order valence-corrected chi connectivity index (χ2v) is 5.45. The lowest BCUT2D eigenvalue weighted by molar-refractivity contribution is -0.133. The molecule has 0 aromatic carbocycles. The van der Waals surface area contributed by atoms with Crippen LogP contribution in [0.4, 0.5) is 0 Å². The molecule has 1 aliphatic rings. The summed E-state index contributed by atoms with van der Waals surface area (Å²) in [5.41, 5.74) is 5.50. The van der Waals surface area contributed by atoms with E-state index in [1.807, 2.05) is 6.92 Å². The Labute approximate surface area is 109 Å². The topological polar surface area (TPSA) is 73.6 Å². The van der Waals surface area contributed by atoms with Gasteiger partial charge in [-0.15, -0.1) is 0 Å². The van der Waals surface area contributed by atoms with Gasteiger partial charge in [-0.3, -0.25) is 4.79 Å². The van der Waals surface area contributed by atoms with E-state index < -0.39 is 0 Å². The van der Waals surface area contributed by atoms with Gasteiger partial charge >= 0.3 is 0 Å². The van der Waals surface area contributed by atoms with Gasteiger partial charge in [0.2, 0.25) is 5.91 Å². The summed E-state index contributed by atoms with van der Waals surface area (Å²) in [7, 11) is 1.61. The third-order valence-corrected chi connectivity index (χ3v) is 3.52. The Morgan fingerprint density at radius 2 is 2.33 bits per heavy atom. The van der Waals surface area contributed by atoms with Crippen LogP contribution in [0.3, 0.4) is 0 Å². The second kappa shape index (κ2) is 7.07. The highest BCUT2D eigenvalue weighted by atomic mass is 16.5. The Balaban J connectivity index is 2.32. The zero-order valence-corrected chi connectivity index (χ0v) is 11.7. The van der Waals surface area contributed by atoms with E-state index in [0.29, 0.717) is 19.1 Å². The molecule has 0 heterocycles. The van der Waals surface area contributed by atoms with E-state index in [2.05, 4.69) is 12.2 Å². The minimum absolute atomic E-state index is 0.00225. The average molecular weight is 258 g/mol. The molecule has 1 fully saturated rings. The smallest absolute Gasteiger partial charge is 0.246 e. The molecule has 1 saturated carbocycles. The summed E-state index contributed by atoms with van der Waals surface area (Å²) in [6, 6.07) is 0.00225. The van der Waals surface area contributed by atoms with Gasteiger partial charge in [-0.25, -0.2) is 0 Å². The van der Waals surface area contributed by atoms with Crippen molar-refractivity contribution in [1.82, 2.24) is 5.32 Å². The van der Waals surface area contributed by atoms with Gasteiger partial charge in [-0.05, 0) is 32.1 Å². The van der Waals surface area contributed by atoms with Gasteiger partial charge < -0.3 is 20.5 Å². The van der Waals surface area contributed by atoms with Crippen molar-refractivity contribution in [3.8, 4) is 0 Å². The lowest BCUT2D eigenvalue weighted by atomic mass is 10.0. The van der Waals surface area contributed by atoms with Crippen LogP contribution in [0.5, 0.6) is 0 Å². The molecule has 0 bridgehead atoms. The van der Waals surface area contributed by atoms with Crippen molar-refractivity contribution in [2.45, 2.75) is 44.8 Å². The van der Waals surface area contributed by atoms with Crippen LogP contribution >= 0.6 is 0 Å². The summed E-state index contributed by atoms with van der Waals surface area (Å²) < 4.78 is 10.7. The first-order valence-corrected chi connectivity index (χ1v) is 6.63. The number of nitrogens with one attached hydrogen (secondary N) is 1. The predicted octanol–water partition coefficient (Wildman–Crippen LogP) is 0.672. The highest BCUT2D eigenvalue weighted by Crippen LogP contribution is 2.36. The summed E-state index contributed by atoms with van der Waals surface area (Å²) in [6.45, 7) is 5.17. The van der Waals surface area contributed by atoms with Gasteiger partial charge in [0.15, 0.2) is 0 Å². The number of hydrogen-bond acceptors (Lipinski definition) is 4. The van der Waals surface area contributed by atoms with E-state index in [0.717, 1.165) is 19.3 Å². The van der Waals surface area contributed by atoms with E-state index in [1.54, 1.807) is 7.11 Å². The van der Waals surface area contributed by atoms with Crippen LogP contribution in [0.25, 0.3) is 0 Å². The number of ether oxygens (including phenoxy) is 2. The zero-order chi connectivity index (χ0) is 13.6. The standard InChI is InChI=1S/C13H26N2O3/c1-10-4-5-13(6-10,9-14)18-8-12(16)15-11(2)7-17-3/h10-11H,4-9,14H2,1-3H3,(H,15,16). The van der Waals surface area contributed by atoms with Crippen LogP contribution in [0.1, 0.15) is 33.1 Å². The van der Waals surface area contributed by atoms with E-state index in [-0.39, 0.29) is 24.2 Å². The molecule has 0 aromatic heterocycles. The molecule has 1 aliphatic carbocycles. The Bertz CT molecular complexity index is 273. The largest absolute Gasteiger partial charge is 0.383 e. The van der Waals surface area contributed by atoms with Crippen LogP contribution < -0.4 is 11.1 Å². The molecule has 0 saturated heterocycles. The molecule has 0 aliphatic heterocycles. The number of hydrogen-bond donors (Lipinski definition) is 2. The Kier molecular flexibility index (Phi) is 6.05. The fourth-order valence-electron chi connectivity index (χ4n) is 2.55. The van der Waals surface area contributed by atoms with Crippen LogP contribution in [0.15, 0.2) is 0 Å². The molecular weight excluding hydrogens is 232 g/mol. The van der Waals surface area contributed by atoms with E-state index in [4.69, 9.17) is 15.2 Å². The molecule has 0 radical (unpaired) electrons. The number of amides is 1. The molecule has 5 heteroatoms. The maximum atomic E-state index is 11.7. The van der Waals surface area contributed by atoms with E-state index in [9.17, 15) is 4.79 Å². The molecule has 0 aromatic rings. The second-order valence-electron chi connectivity index (χ2n) is 5.45. The maximum absolute atomic E-state index is 11.7. The van der Waals surface area contributed by atoms with Crippen molar-refractivity contribution in [2.24, 2.45) is 11.7 Å². The molecule has 106 valence electrons. The van der Waals surface area contributed by atoms with Gasteiger partial charge in [0, 0.05) is 19.7 Å². The third kappa shape index (κ3) is 4.55. The Hall–Kier alpha value is -0.650. The minimum atomic E-state index is -0.290. The monoisotopic (exact) mass is 258 g/mol. The summed E-state index contributed by atoms with van der Waals surface area (Å²) >= 11 is 0. The van der Waals surface area contributed by atoms with Crippen molar-refractivity contribution in [3.63, 3.8) is 0 Å². The van der Waals surface area contributed by atoms with Gasteiger partial charge in [0.1, 0.15) is 6.61 Å². The molecule has 1 amide bonds. The van der Waals surface area contributed by atoms with Crippen molar-refractivity contribution in [3.05, 3.63) is 0 Å². The van der Waals surface area contributed by atoms with Gasteiger partial charge in [0.25, 0.3) is 0 Å². The molecule has 18 heavy (non-hydrogen) atoms. The van der Waals surface area contributed by atoms with Crippen LogP contribution in [0, 0.1) is 5.92 Å². The molecular formula is C13H26N2O3. The first kappa shape index (κ1) is 15.4. The lowest BCUT2D eigenvalue weighted by Crippen LogP contribution is -2.43. The van der Waals surface area contributed by atoms with Crippen LogP contribution in [0.2, 0.25) is 0 Å². The average Bonchev–Trinajstić information content (AvgIpc) is 2.69. The van der Waals surface area contributed by atoms with Crippen LogP contribution in [-0.4, -0.2) is 44.4 Å². The van der Waals surface area contributed by atoms with Gasteiger partial charge in [-0.1, -0.05) is 6.92 Å². The van der Waals surface area contributed by atoms with Gasteiger partial charge in [0.05, 0.1) is 12.2 Å². The number of carbonyl (C=O) groups excluding carboxylic acids is 1. The molecule has 1 rings (SSSR count). The van der Waals surface area contributed by atoms with E-state index in [1.165, 1.54) is 0 Å². The van der Waals surface area contributed by atoms with E-state index >= 15 is 0 Å². The van der Waals surface area contributed by atoms with Gasteiger partial charge in [-0.2, -0.15) is 0 Å². The van der Waals surface area contributed by atoms with Crippen molar-refractivity contribution in [1.29, 1.82) is 0 Å². The highest BCUT2D eigenvalue weighted by molar-refractivity contribution is 5.77. The zero-order valence-electron chi connectivity index (χ0n) is 11.7. The molecule has 5 nitrogen and oxygen atoms in total. The fourth-order valence-corrected chi connectivity index (χ4v) is 2.55. The quantitative estimate of drug-likeness (QED) is 0.704. The third-order valence-electron chi connectivity index (χ3n) is 3.52. The molecule has 3 N–H and O–H groups in total. The number of nitrogens with two attached hydrogens (primary N) is 1. The fraction of sp³-hybridized carbons (Fsp3) is 0.923. The number of carbonyl (C=O) groups is 1. The van der Waals surface area contributed by atoms with Crippen LogP contribution in [-0.2, 0) is 14.3 Å². The van der Waals surface area contributed by atoms with Crippen molar-refractivity contribution in [2.75, 3.05) is 26.9 Å². The summed E-state index contributed by atoms with van der Waals surface area (Å²) in [5.74, 6) is 0.524. The first-order chi connectivity index (χ1) is 8.51. The maximum Gasteiger partial charge on any atom is 0.246 e. The lowest BCUT2D eigenvalue weighted by Gasteiger charge is -2.28.